The minimum Gasteiger partial charge on any atom is -0.350 e. The molecule has 0 fully saturated rings. The lowest BCUT2D eigenvalue weighted by Crippen LogP contribution is -2.41. The zero-order valence-electron chi connectivity index (χ0n) is 18.2. The fourth-order valence-corrected chi connectivity index (χ4v) is 5.50. The summed E-state index contributed by atoms with van der Waals surface area (Å²) in [6, 6.07) is 0. The molecule has 0 bridgehead atoms. The number of hydrogen-bond donors (Lipinski definition) is 0. The molecular weight excluding hydrogens is 327 g/mol. The van der Waals surface area contributed by atoms with Crippen molar-refractivity contribution in [2.75, 3.05) is 31.7 Å². The summed E-state index contributed by atoms with van der Waals surface area (Å²) in [6.07, 6.45) is 16.2. The molecule has 1 unspecified atom stereocenters. The number of ether oxygens (including phenoxy) is 2. The smallest absolute Gasteiger partial charge is 0.168 e. The molecule has 0 radical (unpaired) electrons. The van der Waals surface area contributed by atoms with Crippen molar-refractivity contribution in [1.82, 2.24) is 0 Å². The van der Waals surface area contributed by atoms with Crippen molar-refractivity contribution < 1.29 is 9.47 Å². The Morgan fingerprint density at radius 1 is 0.720 bits per heavy atom. The Kier molecular flexibility index (Phi) is 16.7. The van der Waals surface area contributed by atoms with Gasteiger partial charge in [0.1, 0.15) is 0 Å². The van der Waals surface area contributed by atoms with E-state index in [1.54, 1.807) is 0 Å². The van der Waals surface area contributed by atoms with Crippen molar-refractivity contribution in [1.29, 1.82) is 0 Å². The molecule has 0 saturated heterocycles. The van der Waals surface area contributed by atoms with Gasteiger partial charge >= 0.3 is 0 Å². The monoisotopic (exact) mass is 374 g/mol. The van der Waals surface area contributed by atoms with E-state index in [2.05, 4.69) is 41.5 Å². The Morgan fingerprint density at radius 2 is 1.24 bits per heavy atom. The van der Waals surface area contributed by atoms with Crippen LogP contribution in [0.3, 0.4) is 0 Å². The molecule has 0 aliphatic heterocycles. The van der Waals surface area contributed by atoms with E-state index in [-0.39, 0.29) is 7.92 Å². The predicted molar refractivity (Wildman–Crippen MR) is 115 cm³/mol. The van der Waals surface area contributed by atoms with Crippen molar-refractivity contribution in [2.24, 2.45) is 5.92 Å². The first-order valence-corrected chi connectivity index (χ1v) is 13.0. The van der Waals surface area contributed by atoms with Crippen LogP contribution in [0.2, 0.25) is 0 Å². The average Bonchev–Trinajstić information content (AvgIpc) is 2.60. The highest BCUT2D eigenvalue weighted by molar-refractivity contribution is 7.57. The van der Waals surface area contributed by atoms with Gasteiger partial charge in [0.05, 0.1) is 0 Å². The molecule has 0 aliphatic carbocycles. The Bertz CT molecular complexity index is 273. The maximum absolute atomic E-state index is 6.12. The molecule has 1 atom stereocenters. The summed E-state index contributed by atoms with van der Waals surface area (Å²) in [6.45, 7) is 14.8. The van der Waals surface area contributed by atoms with Crippen LogP contribution in [0.5, 0.6) is 0 Å². The minimum absolute atomic E-state index is 0.257. The van der Waals surface area contributed by atoms with Crippen molar-refractivity contribution in [3.8, 4) is 0 Å². The predicted octanol–water partition coefficient (Wildman–Crippen LogP) is 7.44. The molecule has 0 rings (SSSR count). The van der Waals surface area contributed by atoms with Gasteiger partial charge in [-0.1, -0.05) is 59.3 Å². The Hall–Kier alpha value is 0.350. The molecule has 25 heavy (non-hydrogen) atoms. The Morgan fingerprint density at radius 3 is 1.76 bits per heavy atom. The van der Waals surface area contributed by atoms with Crippen LogP contribution < -0.4 is 0 Å². The van der Waals surface area contributed by atoms with Gasteiger partial charge in [-0.3, -0.25) is 0 Å². The van der Waals surface area contributed by atoms with E-state index in [9.17, 15) is 0 Å². The lowest BCUT2D eigenvalue weighted by molar-refractivity contribution is -0.254. The van der Waals surface area contributed by atoms with Crippen molar-refractivity contribution >= 4 is 7.92 Å². The highest BCUT2D eigenvalue weighted by Gasteiger charge is 2.34. The quantitative estimate of drug-likeness (QED) is 0.141. The van der Waals surface area contributed by atoms with Crippen molar-refractivity contribution in [2.45, 2.75) is 105 Å². The van der Waals surface area contributed by atoms with Gasteiger partial charge in [-0.25, -0.2) is 0 Å². The van der Waals surface area contributed by atoms with E-state index in [0.717, 1.165) is 13.2 Å². The van der Waals surface area contributed by atoms with Gasteiger partial charge in [0.25, 0.3) is 0 Å². The van der Waals surface area contributed by atoms with Crippen molar-refractivity contribution in [3.63, 3.8) is 0 Å². The second-order valence-electron chi connectivity index (χ2n) is 7.30. The topological polar surface area (TPSA) is 18.5 Å². The summed E-state index contributed by atoms with van der Waals surface area (Å²) in [4.78, 5) is 0. The van der Waals surface area contributed by atoms with Gasteiger partial charge in [-0.05, 0) is 58.5 Å². The molecule has 0 heterocycles. The number of unbranched alkanes of at least 4 members (excludes halogenated alkanes) is 5. The maximum Gasteiger partial charge on any atom is 0.168 e. The standard InChI is InChI=1S/C22H47O2P/c1-7-12-13-14-15-16-18-21(19-17-20-25(10-4)11-5)22(6,23-8-2)24-9-3/h21H,7-20H2,1-6H3. The number of rotatable bonds is 18. The molecular formula is C22H47O2P. The van der Waals surface area contributed by atoms with Crippen LogP contribution in [0.1, 0.15) is 99.3 Å². The highest BCUT2D eigenvalue weighted by atomic mass is 31.1. The third kappa shape index (κ3) is 11.6. The van der Waals surface area contributed by atoms with Gasteiger partial charge in [-0.15, -0.1) is 7.92 Å². The summed E-state index contributed by atoms with van der Waals surface area (Å²) in [5.74, 6) is 0.137. The summed E-state index contributed by atoms with van der Waals surface area (Å²) >= 11 is 0. The molecule has 0 aromatic rings. The second kappa shape index (κ2) is 16.5. The van der Waals surface area contributed by atoms with Crippen LogP contribution >= 0.6 is 7.92 Å². The fourth-order valence-electron chi connectivity index (χ4n) is 3.79. The highest BCUT2D eigenvalue weighted by Crippen LogP contribution is 2.38. The Labute approximate surface area is 160 Å². The lowest BCUT2D eigenvalue weighted by atomic mass is 9.88. The van der Waals surface area contributed by atoms with E-state index in [1.165, 1.54) is 76.3 Å². The van der Waals surface area contributed by atoms with E-state index < -0.39 is 5.79 Å². The van der Waals surface area contributed by atoms with Gasteiger partial charge in [0, 0.05) is 19.1 Å². The summed E-state index contributed by atoms with van der Waals surface area (Å²) in [5.41, 5.74) is 0. The average molecular weight is 375 g/mol. The zero-order valence-corrected chi connectivity index (χ0v) is 19.1. The largest absolute Gasteiger partial charge is 0.350 e. The van der Waals surface area contributed by atoms with Gasteiger partial charge in [0.2, 0.25) is 0 Å². The maximum atomic E-state index is 6.12. The molecule has 2 nitrogen and oxygen atoms in total. The SMILES string of the molecule is CCCCCCCCC(CCCP(CC)CC)C(C)(OCC)OCC. The molecule has 3 heteroatoms. The second-order valence-corrected chi connectivity index (χ2v) is 10.4. The first-order valence-electron chi connectivity index (χ1n) is 11.1. The fraction of sp³-hybridized carbons (Fsp3) is 1.00. The molecule has 0 N–H and O–H groups in total. The van der Waals surface area contributed by atoms with Crippen LogP contribution in [0.25, 0.3) is 0 Å². The van der Waals surface area contributed by atoms with Gasteiger partial charge in [0.15, 0.2) is 5.79 Å². The molecule has 0 aromatic heterocycles. The summed E-state index contributed by atoms with van der Waals surface area (Å²) in [5, 5.41) is 0. The van der Waals surface area contributed by atoms with Gasteiger partial charge < -0.3 is 9.47 Å². The molecule has 0 spiro atoms. The normalized spacial score (nSPS) is 13.6. The first-order chi connectivity index (χ1) is 12.1. The molecule has 0 aliphatic rings. The van der Waals surface area contributed by atoms with E-state index in [4.69, 9.17) is 9.47 Å². The third-order valence-corrected chi connectivity index (χ3v) is 8.17. The van der Waals surface area contributed by atoms with E-state index >= 15 is 0 Å². The van der Waals surface area contributed by atoms with Crippen LogP contribution in [-0.2, 0) is 9.47 Å². The van der Waals surface area contributed by atoms with Crippen LogP contribution in [0.15, 0.2) is 0 Å². The zero-order chi connectivity index (χ0) is 19.0. The van der Waals surface area contributed by atoms with Crippen molar-refractivity contribution in [3.05, 3.63) is 0 Å². The van der Waals surface area contributed by atoms with Gasteiger partial charge in [-0.2, -0.15) is 0 Å². The van der Waals surface area contributed by atoms with Crippen LogP contribution in [-0.4, -0.2) is 37.5 Å². The first kappa shape index (κ1) is 25.4. The molecule has 0 amide bonds. The molecule has 0 aromatic carbocycles. The third-order valence-electron chi connectivity index (χ3n) is 5.43. The number of hydrogen-bond acceptors (Lipinski definition) is 2. The van der Waals surface area contributed by atoms with Crippen LogP contribution in [0.4, 0.5) is 0 Å². The summed E-state index contributed by atoms with van der Waals surface area (Å²) < 4.78 is 12.2. The minimum atomic E-state index is -0.395. The molecule has 0 saturated carbocycles. The van der Waals surface area contributed by atoms with Crippen LogP contribution in [0, 0.1) is 5.92 Å². The summed E-state index contributed by atoms with van der Waals surface area (Å²) in [7, 11) is 0.257. The van der Waals surface area contributed by atoms with E-state index in [1.807, 2.05) is 0 Å². The Balaban J connectivity index is 4.56. The lowest BCUT2D eigenvalue weighted by Gasteiger charge is -2.37. The molecule has 152 valence electrons. The van der Waals surface area contributed by atoms with E-state index in [0.29, 0.717) is 5.92 Å².